The molecule has 4 nitrogen and oxygen atoms in total. The maximum Gasteiger partial charge on any atom is 0.241 e. The molecule has 3 N–H and O–H groups in total. The first-order valence-corrected chi connectivity index (χ1v) is 6.10. The lowest BCUT2D eigenvalue weighted by atomic mass is 10.0. The SMILES string of the molecule is CN(C)C(C)(C)CNC(=O)[C@@H](N)c1ccccc1. The van der Waals surface area contributed by atoms with Crippen LogP contribution in [0.5, 0.6) is 0 Å². The molecule has 0 aliphatic carbocycles. The molecule has 0 radical (unpaired) electrons. The van der Waals surface area contributed by atoms with Crippen LogP contribution in [0.1, 0.15) is 25.5 Å². The predicted octanol–water partition coefficient (Wildman–Crippen LogP) is 1.14. The second-order valence-electron chi connectivity index (χ2n) is 5.31. The van der Waals surface area contributed by atoms with E-state index in [-0.39, 0.29) is 11.4 Å². The standard InChI is InChI=1S/C14H23N3O/c1-14(2,17(3)4)10-16-13(18)12(15)11-8-6-5-7-9-11/h5-9,12H,10,15H2,1-4H3,(H,16,18)/t12-/m0/s1. The quantitative estimate of drug-likeness (QED) is 0.823. The van der Waals surface area contributed by atoms with Gasteiger partial charge in [-0.2, -0.15) is 0 Å². The van der Waals surface area contributed by atoms with Crippen molar-refractivity contribution in [3.63, 3.8) is 0 Å². The van der Waals surface area contributed by atoms with E-state index in [0.717, 1.165) is 5.56 Å². The Kier molecular flexibility index (Phi) is 4.87. The van der Waals surface area contributed by atoms with Crippen molar-refractivity contribution >= 4 is 5.91 Å². The van der Waals surface area contributed by atoms with Crippen molar-refractivity contribution in [3.05, 3.63) is 35.9 Å². The van der Waals surface area contributed by atoms with Crippen LogP contribution >= 0.6 is 0 Å². The summed E-state index contributed by atoms with van der Waals surface area (Å²) in [7, 11) is 3.98. The van der Waals surface area contributed by atoms with E-state index in [1.165, 1.54) is 0 Å². The molecule has 4 heteroatoms. The van der Waals surface area contributed by atoms with Crippen LogP contribution in [0, 0.1) is 0 Å². The summed E-state index contributed by atoms with van der Waals surface area (Å²) in [5.74, 6) is -0.142. The number of carbonyl (C=O) groups is 1. The van der Waals surface area contributed by atoms with E-state index in [1.54, 1.807) is 0 Å². The Morgan fingerprint density at radius 3 is 2.39 bits per heavy atom. The fourth-order valence-electron chi connectivity index (χ4n) is 1.38. The van der Waals surface area contributed by atoms with Crippen molar-refractivity contribution in [2.24, 2.45) is 5.73 Å². The van der Waals surface area contributed by atoms with E-state index >= 15 is 0 Å². The van der Waals surface area contributed by atoms with Crippen LogP contribution in [-0.2, 0) is 4.79 Å². The minimum atomic E-state index is -0.607. The number of carbonyl (C=O) groups excluding carboxylic acids is 1. The van der Waals surface area contributed by atoms with Gasteiger partial charge in [0.1, 0.15) is 6.04 Å². The zero-order chi connectivity index (χ0) is 13.8. The first-order valence-electron chi connectivity index (χ1n) is 6.10. The molecule has 0 aliphatic heterocycles. The molecule has 1 aromatic rings. The Balaban J connectivity index is 2.57. The molecule has 100 valence electrons. The molecule has 0 unspecified atom stereocenters. The van der Waals surface area contributed by atoms with Crippen LogP contribution in [0.4, 0.5) is 0 Å². The zero-order valence-corrected chi connectivity index (χ0v) is 11.6. The summed E-state index contributed by atoms with van der Waals surface area (Å²) >= 11 is 0. The van der Waals surface area contributed by atoms with Crippen molar-refractivity contribution in [1.82, 2.24) is 10.2 Å². The van der Waals surface area contributed by atoms with Gasteiger partial charge < -0.3 is 16.0 Å². The molecule has 18 heavy (non-hydrogen) atoms. The highest BCUT2D eigenvalue weighted by Crippen LogP contribution is 2.11. The van der Waals surface area contributed by atoms with Gasteiger partial charge >= 0.3 is 0 Å². The summed E-state index contributed by atoms with van der Waals surface area (Å²) in [6.07, 6.45) is 0. The monoisotopic (exact) mass is 249 g/mol. The second-order valence-corrected chi connectivity index (χ2v) is 5.31. The van der Waals surface area contributed by atoms with Crippen LogP contribution in [0.2, 0.25) is 0 Å². The molecule has 0 aliphatic rings. The first kappa shape index (κ1) is 14.7. The Labute approximate surface area is 109 Å². The first-order chi connectivity index (χ1) is 8.34. The highest BCUT2D eigenvalue weighted by Gasteiger charge is 2.23. The van der Waals surface area contributed by atoms with Crippen molar-refractivity contribution in [2.75, 3.05) is 20.6 Å². The Morgan fingerprint density at radius 1 is 1.33 bits per heavy atom. The van der Waals surface area contributed by atoms with Crippen molar-refractivity contribution in [3.8, 4) is 0 Å². The van der Waals surface area contributed by atoms with Crippen LogP contribution < -0.4 is 11.1 Å². The van der Waals surface area contributed by atoms with E-state index in [1.807, 2.05) is 44.4 Å². The van der Waals surface area contributed by atoms with Crippen LogP contribution in [-0.4, -0.2) is 37.0 Å². The highest BCUT2D eigenvalue weighted by molar-refractivity contribution is 5.82. The summed E-state index contributed by atoms with van der Waals surface area (Å²) < 4.78 is 0. The molecule has 0 saturated heterocycles. The Bertz CT molecular complexity index is 387. The van der Waals surface area contributed by atoms with E-state index < -0.39 is 6.04 Å². The van der Waals surface area contributed by atoms with E-state index in [4.69, 9.17) is 5.73 Å². The third-order valence-corrected chi connectivity index (χ3v) is 3.35. The fraction of sp³-hybridized carbons (Fsp3) is 0.500. The van der Waals surface area contributed by atoms with Crippen LogP contribution in [0.25, 0.3) is 0 Å². The van der Waals surface area contributed by atoms with Crippen molar-refractivity contribution < 1.29 is 4.79 Å². The van der Waals surface area contributed by atoms with Gasteiger partial charge in [-0.05, 0) is 33.5 Å². The number of likely N-dealkylation sites (N-methyl/N-ethyl adjacent to an activating group) is 1. The van der Waals surface area contributed by atoms with E-state index in [0.29, 0.717) is 6.54 Å². The van der Waals surface area contributed by atoms with Gasteiger partial charge in [-0.1, -0.05) is 30.3 Å². The lowest BCUT2D eigenvalue weighted by Crippen LogP contribution is -2.49. The molecule has 0 saturated carbocycles. The minimum Gasteiger partial charge on any atom is -0.353 e. The summed E-state index contributed by atoms with van der Waals surface area (Å²) in [6.45, 7) is 4.71. The topological polar surface area (TPSA) is 58.4 Å². The summed E-state index contributed by atoms with van der Waals surface area (Å²) in [6, 6.07) is 8.79. The number of hydrogen-bond donors (Lipinski definition) is 2. The van der Waals surface area contributed by atoms with E-state index in [2.05, 4.69) is 24.1 Å². The molecule has 0 fully saturated rings. The molecule has 1 atom stereocenters. The molecule has 0 spiro atoms. The second kappa shape index (κ2) is 5.98. The average molecular weight is 249 g/mol. The zero-order valence-electron chi connectivity index (χ0n) is 11.6. The normalized spacial score (nSPS) is 13.4. The third kappa shape index (κ3) is 3.82. The molecule has 1 rings (SSSR count). The Hall–Kier alpha value is -1.39. The van der Waals surface area contributed by atoms with Crippen molar-refractivity contribution in [2.45, 2.75) is 25.4 Å². The third-order valence-electron chi connectivity index (χ3n) is 3.35. The summed E-state index contributed by atoms with van der Waals surface area (Å²) in [4.78, 5) is 14.0. The number of hydrogen-bond acceptors (Lipinski definition) is 3. The summed E-state index contributed by atoms with van der Waals surface area (Å²) in [5.41, 5.74) is 6.66. The number of rotatable bonds is 5. The van der Waals surface area contributed by atoms with E-state index in [9.17, 15) is 4.79 Å². The maximum atomic E-state index is 12.0. The Morgan fingerprint density at radius 2 is 1.89 bits per heavy atom. The number of nitrogens with two attached hydrogens (primary N) is 1. The number of nitrogens with zero attached hydrogens (tertiary/aromatic N) is 1. The van der Waals surface area contributed by atoms with Gasteiger partial charge in [0.2, 0.25) is 5.91 Å². The van der Waals surface area contributed by atoms with Gasteiger partial charge in [-0.3, -0.25) is 4.79 Å². The highest BCUT2D eigenvalue weighted by atomic mass is 16.2. The summed E-state index contributed by atoms with van der Waals surface area (Å²) in [5, 5.41) is 2.90. The fourth-order valence-corrected chi connectivity index (χ4v) is 1.38. The molecule has 0 heterocycles. The van der Waals surface area contributed by atoms with Gasteiger partial charge in [0.05, 0.1) is 0 Å². The van der Waals surface area contributed by atoms with Gasteiger partial charge in [0.15, 0.2) is 0 Å². The number of nitrogens with one attached hydrogen (secondary N) is 1. The molecule has 1 aromatic carbocycles. The molecule has 0 bridgehead atoms. The molecular weight excluding hydrogens is 226 g/mol. The maximum absolute atomic E-state index is 12.0. The van der Waals surface area contributed by atoms with Crippen molar-refractivity contribution in [1.29, 1.82) is 0 Å². The van der Waals surface area contributed by atoms with Gasteiger partial charge in [-0.25, -0.2) is 0 Å². The number of amides is 1. The average Bonchev–Trinajstić information content (AvgIpc) is 2.36. The molecular formula is C14H23N3O. The minimum absolute atomic E-state index is 0.0912. The lowest BCUT2D eigenvalue weighted by molar-refractivity contribution is -0.123. The van der Waals surface area contributed by atoms with Gasteiger partial charge in [0, 0.05) is 12.1 Å². The van der Waals surface area contributed by atoms with Crippen LogP contribution in [0.3, 0.4) is 0 Å². The lowest BCUT2D eigenvalue weighted by Gasteiger charge is -2.33. The van der Waals surface area contributed by atoms with Crippen LogP contribution in [0.15, 0.2) is 30.3 Å². The predicted molar refractivity (Wildman–Crippen MR) is 74.1 cm³/mol. The number of benzene rings is 1. The molecule has 1 amide bonds. The largest absolute Gasteiger partial charge is 0.353 e. The molecule has 0 aromatic heterocycles. The smallest absolute Gasteiger partial charge is 0.241 e. The van der Waals surface area contributed by atoms with Gasteiger partial charge in [0.25, 0.3) is 0 Å². The van der Waals surface area contributed by atoms with Gasteiger partial charge in [-0.15, -0.1) is 0 Å².